The molecule has 1 aliphatic rings. The number of aromatic nitrogens is 2. The normalized spacial score (nSPS) is 12.4. The van der Waals surface area contributed by atoms with Crippen LogP contribution in [-0.2, 0) is 25.7 Å². The van der Waals surface area contributed by atoms with Crippen LogP contribution in [0.15, 0.2) is 54.6 Å². The third-order valence-electron chi connectivity index (χ3n) is 7.05. The molecule has 0 aliphatic carbocycles. The summed E-state index contributed by atoms with van der Waals surface area (Å²) in [5.74, 6) is -0.545. The summed E-state index contributed by atoms with van der Waals surface area (Å²) in [5.41, 5.74) is 9.36. The van der Waals surface area contributed by atoms with E-state index in [1.165, 1.54) is 14.2 Å². The van der Waals surface area contributed by atoms with Gasteiger partial charge in [0, 0.05) is 24.3 Å². The van der Waals surface area contributed by atoms with Gasteiger partial charge in [0.15, 0.2) is 0 Å². The summed E-state index contributed by atoms with van der Waals surface area (Å²) in [7, 11) is 2.73. The van der Waals surface area contributed by atoms with Gasteiger partial charge in [-0.2, -0.15) is 18.3 Å². The number of anilines is 2. The summed E-state index contributed by atoms with van der Waals surface area (Å²) in [6.07, 6.45) is -3.92. The summed E-state index contributed by atoms with van der Waals surface area (Å²) < 4.78 is 52.0. The zero-order valence-corrected chi connectivity index (χ0v) is 23.1. The van der Waals surface area contributed by atoms with E-state index in [4.69, 9.17) is 20.3 Å². The maximum Gasteiger partial charge on any atom is 0.416 e. The van der Waals surface area contributed by atoms with Crippen molar-refractivity contribution in [3.8, 4) is 22.8 Å². The molecule has 0 unspecified atom stereocenters. The highest BCUT2D eigenvalue weighted by atomic mass is 19.4. The second-order valence-corrected chi connectivity index (χ2v) is 9.83. The highest BCUT2D eigenvalue weighted by molar-refractivity contribution is 6.05. The van der Waals surface area contributed by atoms with E-state index in [2.05, 4.69) is 16.7 Å². The number of rotatable bonds is 7. The van der Waals surface area contributed by atoms with Crippen LogP contribution in [0.2, 0.25) is 0 Å². The van der Waals surface area contributed by atoms with E-state index in [1.807, 2.05) is 19.1 Å². The number of amides is 2. The lowest BCUT2D eigenvalue weighted by atomic mass is 10.0. The molecule has 3 aromatic carbocycles. The van der Waals surface area contributed by atoms with Gasteiger partial charge in [-0.3, -0.25) is 9.59 Å². The molecule has 0 saturated carbocycles. The van der Waals surface area contributed by atoms with E-state index in [-0.39, 0.29) is 23.4 Å². The first-order valence-electron chi connectivity index (χ1n) is 13.0. The first kappa shape index (κ1) is 28.5. The Morgan fingerprint density at radius 3 is 2.50 bits per heavy atom. The van der Waals surface area contributed by atoms with Gasteiger partial charge in [0.25, 0.3) is 11.8 Å². The fraction of sp³-hybridized carbons (Fsp3) is 0.233. The fourth-order valence-corrected chi connectivity index (χ4v) is 4.96. The fourth-order valence-electron chi connectivity index (χ4n) is 4.96. The Kier molecular flexibility index (Phi) is 7.55. The van der Waals surface area contributed by atoms with Crippen molar-refractivity contribution >= 4 is 23.3 Å². The summed E-state index contributed by atoms with van der Waals surface area (Å²) in [6.45, 7) is 2.51. The first-order valence-corrected chi connectivity index (χ1v) is 13.0. The Morgan fingerprint density at radius 1 is 1.05 bits per heavy atom. The van der Waals surface area contributed by atoms with Crippen LogP contribution in [0.1, 0.15) is 43.0 Å². The van der Waals surface area contributed by atoms with Gasteiger partial charge in [0.05, 0.1) is 25.3 Å². The molecule has 0 spiro atoms. The van der Waals surface area contributed by atoms with Gasteiger partial charge in [0.2, 0.25) is 0 Å². The van der Waals surface area contributed by atoms with Crippen LogP contribution in [0.25, 0.3) is 11.3 Å². The van der Waals surface area contributed by atoms with Crippen LogP contribution in [0.3, 0.4) is 0 Å². The van der Waals surface area contributed by atoms with E-state index in [0.717, 1.165) is 35.0 Å². The van der Waals surface area contributed by atoms with Gasteiger partial charge >= 0.3 is 6.18 Å². The third-order valence-corrected chi connectivity index (χ3v) is 7.05. The molecular weight excluding hydrogens is 551 g/mol. The Bertz CT molecular complexity index is 1700. The molecule has 1 aliphatic heterocycles. The topological polar surface area (TPSA) is 121 Å². The van der Waals surface area contributed by atoms with E-state index < -0.39 is 23.6 Å². The smallest absolute Gasteiger partial charge is 0.416 e. The Morgan fingerprint density at radius 2 is 1.81 bits per heavy atom. The van der Waals surface area contributed by atoms with Crippen LogP contribution in [0.4, 0.5) is 24.7 Å². The number of hydrogen-bond donors (Lipinski definition) is 3. The molecule has 4 aromatic rings. The number of halogens is 3. The Labute approximate surface area is 239 Å². The maximum absolute atomic E-state index is 13.2. The minimum Gasteiger partial charge on any atom is -0.496 e. The number of ether oxygens (including phenoxy) is 2. The zero-order chi connectivity index (χ0) is 30.2. The summed E-state index contributed by atoms with van der Waals surface area (Å²) in [5, 5.41) is 10.6. The van der Waals surface area contributed by atoms with Crippen LogP contribution in [-0.4, -0.2) is 35.8 Å². The van der Waals surface area contributed by atoms with Gasteiger partial charge in [-0.05, 0) is 60.9 Å². The molecule has 0 bridgehead atoms. The number of benzene rings is 3. The molecule has 218 valence electrons. The monoisotopic (exact) mass is 579 g/mol. The number of fused-ring (bicyclic) bond motifs is 2. The third kappa shape index (κ3) is 5.47. The summed E-state index contributed by atoms with van der Waals surface area (Å²) in [6, 6.07) is 13.8. The largest absolute Gasteiger partial charge is 0.496 e. The average Bonchev–Trinajstić information content (AvgIpc) is 3.23. The molecule has 0 saturated heterocycles. The minimum atomic E-state index is -4.61. The predicted molar refractivity (Wildman–Crippen MR) is 150 cm³/mol. The molecule has 0 atom stereocenters. The number of methoxy groups -OCH3 is 2. The molecule has 12 heteroatoms. The molecule has 0 radical (unpaired) electrons. The lowest BCUT2D eigenvalue weighted by Crippen LogP contribution is -2.24. The first-order chi connectivity index (χ1) is 20.0. The van der Waals surface area contributed by atoms with Crippen LogP contribution in [0.5, 0.6) is 11.5 Å². The molecule has 5 rings (SSSR count). The number of nitrogens with zero attached hydrogens (tertiary/aromatic N) is 2. The number of carbonyl (C=O) groups is 2. The number of hydrogen-bond acceptors (Lipinski definition) is 6. The number of nitrogens with one attached hydrogen (secondary N) is 2. The van der Waals surface area contributed by atoms with E-state index in [9.17, 15) is 22.8 Å². The highest BCUT2D eigenvalue weighted by Gasteiger charge is 2.32. The van der Waals surface area contributed by atoms with Gasteiger partial charge in [-0.25, -0.2) is 4.68 Å². The zero-order valence-electron chi connectivity index (χ0n) is 23.1. The van der Waals surface area contributed by atoms with Gasteiger partial charge in [0.1, 0.15) is 28.6 Å². The minimum absolute atomic E-state index is 0.0123. The number of aryl methyl sites for hydroxylation is 3. The van der Waals surface area contributed by atoms with Crippen molar-refractivity contribution in [2.75, 3.05) is 19.5 Å². The maximum atomic E-state index is 13.2. The number of nitrogens with two attached hydrogens (primary N) is 1. The van der Waals surface area contributed by atoms with Crippen LogP contribution < -0.4 is 25.8 Å². The summed E-state index contributed by atoms with van der Waals surface area (Å²) in [4.78, 5) is 25.5. The molecule has 4 N–H and O–H groups in total. The van der Waals surface area contributed by atoms with Crippen molar-refractivity contribution in [2.24, 2.45) is 5.73 Å². The lowest BCUT2D eigenvalue weighted by molar-refractivity contribution is -0.137. The van der Waals surface area contributed by atoms with Crippen LogP contribution >= 0.6 is 0 Å². The van der Waals surface area contributed by atoms with Crippen molar-refractivity contribution in [3.63, 3.8) is 0 Å². The van der Waals surface area contributed by atoms with Crippen molar-refractivity contribution in [1.82, 2.24) is 15.1 Å². The van der Waals surface area contributed by atoms with E-state index >= 15 is 0 Å². The standard InChI is InChI=1S/C30H28F3N5O4/c1-16-4-8-22-18(12-16)10-11-38-28(36-22)25(27(34)39)26(37-38)20-7-5-17(13-24(20)42-3)15-35-29(40)21-14-19(30(31,32)33)6-9-23(21)41-2/h4-9,12-14,36H,10-11,15H2,1-3H3,(H2,34,39)(H,35,40). The van der Waals surface area contributed by atoms with E-state index in [0.29, 0.717) is 41.4 Å². The molecule has 0 fully saturated rings. The number of primary amides is 1. The van der Waals surface area contributed by atoms with Crippen LogP contribution in [0, 0.1) is 6.92 Å². The molecule has 1 aromatic heterocycles. The number of alkyl halides is 3. The number of carbonyl (C=O) groups excluding carboxylic acids is 2. The second-order valence-electron chi connectivity index (χ2n) is 9.83. The molecule has 2 amide bonds. The summed E-state index contributed by atoms with van der Waals surface area (Å²) >= 11 is 0. The van der Waals surface area contributed by atoms with Gasteiger partial charge in [-0.15, -0.1) is 0 Å². The van der Waals surface area contributed by atoms with Crippen molar-refractivity contribution < 1.29 is 32.2 Å². The average molecular weight is 580 g/mol. The highest BCUT2D eigenvalue weighted by Crippen LogP contribution is 2.38. The molecule has 9 nitrogen and oxygen atoms in total. The predicted octanol–water partition coefficient (Wildman–Crippen LogP) is 5.22. The van der Waals surface area contributed by atoms with Gasteiger partial charge in [-0.1, -0.05) is 23.8 Å². The van der Waals surface area contributed by atoms with Crippen molar-refractivity contribution in [2.45, 2.75) is 32.6 Å². The van der Waals surface area contributed by atoms with Gasteiger partial charge < -0.3 is 25.8 Å². The van der Waals surface area contributed by atoms with E-state index in [1.54, 1.807) is 22.9 Å². The Balaban J connectivity index is 1.43. The molecule has 2 heterocycles. The SMILES string of the molecule is COc1ccc(C(F)(F)F)cc1C(=O)NCc1ccc(-c2nn3c(c2C(N)=O)Nc2ccc(C)cc2CC3)c(OC)c1. The molecule has 42 heavy (non-hydrogen) atoms. The second kappa shape index (κ2) is 11.1. The lowest BCUT2D eigenvalue weighted by Gasteiger charge is -2.14. The van der Waals surface area contributed by atoms with Crippen molar-refractivity contribution in [1.29, 1.82) is 0 Å². The molecular formula is C30H28F3N5O4. The quantitative estimate of drug-likeness (QED) is 0.276. The van der Waals surface area contributed by atoms with Crippen molar-refractivity contribution in [3.05, 3.63) is 88.0 Å². The Hall–Kier alpha value is -5.00.